The number of fused-ring (bicyclic) bond motifs is 1. The number of sulfonamides is 1. The van der Waals surface area contributed by atoms with Crippen LogP contribution in [0.4, 0.5) is 0 Å². The Hall–Kier alpha value is -1.93. The van der Waals surface area contributed by atoms with E-state index in [1.807, 2.05) is 6.92 Å². The van der Waals surface area contributed by atoms with Crippen molar-refractivity contribution >= 4 is 27.0 Å². The normalized spacial score (nSPS) is 16.0. The van der Waals surface area contributed by atoms with E-state index in [4.69, 9.17) is 0 Å². The summed E-state index contributed by atoms with van der Waals surface area (Å²) in [7, 11) is -3.27. The summed E-state index contributed by atoms with van der Waals surface area (Å²) < 4.78 is 25.7. The second kappa shape index (κ2) is 6.29. The highest BCUT2D eigenvalue weighted by molar-refractivity contribution is 7.89. The summed E-state index contributed by atoms with van der Waals surface area (Å²) >= 11 is 0. The summed E-state index contributed by atoms with van der Waals surface area (Å²) in [5.74, 6) is 0.439. The molecule has 2 N–H and O–H groups in total. The Bertz CT molecular complexity index is 822. The molecule has 1 aliphatic heterocycles. The van der Waals surface area contributed by atoms with Gasteiger partial charge in [0.25, 0.3) is 5.91 Å². The fraction of sp³-hybridized carbons (Fsp3) is 0.467. The fourth-order valence-corrected chi connectivity index (χ4v) is 4.20. The van der Waals surface area contributed by atoms with E-state index in [2.05, 4.69) is 15.3 Å². The molecule has 1 aliphatic rings. The van der Waals surface area contributed by atoms with E-state index >= 15 is 0 Å². The molecule has 124 valence electrons. The van der Waals surface area contributed by atoms with Gasteiger partial charge in [-0.3, -0.25) is 4.79 Å². The minimum Gasteiger partial charge on any atom is -0.351 e. The third kappa shape index (κ3) is 3.53. The van der Waals surface area contributed by atoms with Crippen molar-refractivity contribution in [1.29, 1.82) is 0 Å². The van der Waals surface area contributed by atoms with E-state index in [9.17, 15) is 13.2 Å². The summed E-state index contributed by atoms with van der Waals surface area (Å²) in [5.41, 5.74) is 2.08. The van der Waals surface area contributed by atoms with Crippen molar-refractivity contribution < 1.29 is 13.2 Å². The molecule has 0 unspecified atom stereocenters. The molecule has 2 aromatic rings. The van der Waals surface area contributed by atoms with Gasteiger partial charge in [0.1, 0.15) is 5.82 Å². The van der Waals surface area contributed by atoms with Crippen LogP contribution in [0.25, 0.3) is 11.0 Å². The molecule has 2 heterocycles. The lowest BCUT2D eigenvalue weighted by atomic mass is 10.2. The minimum absolute atomic E-state index is 0.0653. The van der Waals surface area contributed by atoms with Gasteiger partial charge in [0.15, 0.2) is 0 Å². The van der Waals surface area contributed by atoms with Crippen molar-refractivity contribution in [1.82, 2.24) is 19.6 Å². The van der Waals surface area contributed by atoms with Crippen LogP contribution < -0.4 is 5.32 Å². The molecule has 0 spiro atoms. The summed E-state index contributed by atoms with van der Waals surface area (Å²) in [5, 5.41) is 2.67. The maximum Gasteiger partial charge on any atom is 0.251 e. The highest BCUT2D eigenvalue weighted by atomic mass is 32.2. The van der Waals surface area contributed by atoms with Gasteiger partial charge in [0.2, 0.25) is 10.0 Å². The Labute approximate surface area is 135 Å². The summed E-state index contributed by atoms with van der Waals surface area (Å²) in [6, 6.07) is 5.18. The number of amides is 1. The standard InChI is InChI=1S/C15H20N4O3S/c1-11-17-13-5-4-12(10-14(13)18-11)15(20)16-6-9-23(21,22)19-7-2-3-8-19/h4-5,10H,2-3,6-9H2,1H3,(H,16,20)(H,17,18). The van der Waals surface area contributed by atoms with Crippen LogP contribution >= 0.6 is 0 Å². The Morgan fingerprint density at radius 1 is 1.35 bits per heavy atom. The first kappa shape index (κ1) is 15.9. The van der Waals surface area contributed by atoms with Gasteiger partial charge in [0, 0.05) is 25.2 Å². The zero-order chi connectivity index (χ0) is 16.4. The van der Waals surface area contributed by atoms with Crippen LogP contribution in [0.15, 0.2) is 18.2 Å². The second-order valence-electron chi connectivity index (χ2n) is 5.73. The van der Waals surface area contributed by atoms with Gasteiger partial charge in [-0.25, -0.2) is 17.7 Å². The number of nitrogens with one attached hydrogen (secondary N) is 2. The third-order valence-electron chi connectivity index (χ3n) is 3.97. The number of carbonyl (C=O) groups excluding carboxylic acids is 1. The van der Waals surface area contributed by atoms with Crippen LogP contribution in [0.5, 0.6) is 0 Å². The van der Waals surface area contributed by atoms with Gasteiger partial charge in [0.05, 0.1) is 16.8 Å². The van der Waals surface area contributed by atoms with E-state index in [1.165, 1.54) is 4.31 Å². The fourth-order valence-electron chi connectivity index (χ4n) is 2.77. The Morgan fingerprint density at radius 3 is 2.83 bits per heavy atom. The maximum absolute atomic E-state index is 12.1. The maximum atomic E-state index is 12.1. The predicted octanol–water partition coefficient (Wildman–Crippen LogP) is 1.03. The summed E-state index contributed by atoms with van der Waals surface area (Å²) in [6.45, 7) is 3.14. The first-order chi connectivity index (χ1) is 11.0. The number of rotatable bonds is 5. The van der Waals surface area contributed by atoms with E-state index in [0.717, 1.165) is 29.7 Å². The van der Waals surface area contributed by atoms with E-state index in [1.54, 1.807) is 18.2 Å². The van der Waals surface area contributed by atoms with Crippen molar-refractivity contribution in [3.8, 4) is 0 Å². The molecule has 0 radical (unpaired) electrons. The number of nitrogens with zero attached hydrogens (tertiary/aromatic N) is 2. The summed E-state index contributed by atoms with van der Waals surface area (Å²) in [6.07, 6.45) is 1.82. The number of aromatic nitrogens is 2. The van der Waals surface area contributed by atoms with Gasteiger partial charge in [-0.2, -0.15) is 0 Å². The van der Waals surface area contributed by atoms with Gasteiger partial charge >= 0.3 is 0 Å². The van der Waals surface area contributed by atoms with E-state index in [-0.39, 0.29) is 18.2 Å². The van der Waals surface area contributed by atoms with E-state index in [0.29, 0.717) is 18.7 Å². The monoisotopic (exact) mass is 336 g/mol. The van der Waals surface area contributed by atoms with Gasteiger partial charge in [-0.15, -0.1) is 0 Å². The number of hydrogen-bond acceptors (Lipinski definition) is 4. The highest BCUT2D eigenvalue weighted by Crippen LogP contribution is 2.14. The third-order valence-corrected chi connectivity index (χ3v) is 5.84. The molecule has 1 saturated heterocycles. The molecule has 23 heavy (non-hydrogen) atoms. The molecule has 3 rings (SSSR count). The first-order valence-corrected chi connectivity index (χ1v) is 9.29. The van der Waals surface area contributed by atoms with Crippen LogP contribution in [0.2, 0.25) is 0 Å². The van der Waals surface area contributed by atoms with Crippen LogP contribution in [0, 0.1) is 6.92 Å². The molecule has 1 amide bonds. The number of H-pyrrole nitrogens is 1. The topological polar surface area (TPSA) is 95.2 Å². The van der Waals surface area contributed by atoms with Crippen molar-refractivity contribution in [3.05, 3.63) is 29.6 Å². The lowest BCUT2D eigenvalue weighted by Gasteiger charge is -2.15. The molecular weight excluding hydrogens is 316 g/mol. The Balaban J connectivity index is 1.59. The largest absolute Gasteiger partial charge is 0.351 e. The zero-order valence-electron chi connectivity index (χ0n) is 13.0. The Kier molecular flexibility index (Phi) is 4.36. The Morgan fingerprint density at radius 2 is 2.09 bits per heavy atom. The molecule has 0 bridgehead atoms. The van der Waals surface area contributed by atoms with Gasteiger partial charge in [-0.05, 0) is 38.0 Å². The first-order valence-electron chi connectivity index (χ1n) is 7.68. The molecule has 0 atom stereocenters. The van der Waals surface area contributed by atoms with Crippen LogP contribution in [-0.2, 0) is 10.0 Å². The van der Waals surface area contributed by atoms with Crippen molar-refractivity contribution in [2.45, 2.75) is 19.8 Å². The molecule has 7 nitrogen and oxygen atoms in total. The molecule has 8 heteroatoms. The average molecular weight is 336 g/mol. The predicted molar refractivity (Wildman–Crippen MR) is 87.8 cm³/mol. The molecular formula is C15H20N4O3S. The van der Waals surface area contributed by atoms with Gasteiger partial charge < -0.3 is 10.3 Å². The highest BCUT2D eigenvalue weighted by Gasteiger charge is 2.24. The van der Waals surface area contributed by atoms with Crippen LogP contribution in [0.1, 0.15) is 29.0 Å². The number of imidazole rings is 1. The molecule has 1 aromatic carbocycles. The average Bonchev–Trinajstić information content (AvgIpc) is 3.14. The van der Waals surface area contributed by atoms with E-state index < -0.39 is 10.0 Å². The smallest absolute Gasteiger partial charge is 0.251 e. The van der Waals surface area contributed by atoms with Crippen LogP contribution in [0.3, 0.4) is 0 Å². The quantitative estimate of drug-likeness (QED) is 0.852. The number of carbonyl (C=O) groups is 1. The molecule has 1 fully saturated rings. The molecule has 0 aliphatic carbocycles. The lowest BCUT2D eigenvalue weighted by Crippen LogP contribution is -2.36. The second-order valence-corrected chi connectivity index (χ2v) is 7.82. The van der Waals surface area contributed by atoms with Crippen molar-refractivity contribution in [2.75, 3.05) is 25.4 Å². The summed E-state index contributed by atoms with van der Waals surface area (Å²) in [4.78, 5) is 19.5. The van der Waals surface area contributed by atoms with Crippen LogP contribution in [-0.4, -0.2) is 54.0 Å². The number of benzene rings is 1. The van der Waals surface area contributed by atoms with Gasteiger partial charge in [-0.1, -0.05) is 0 Å². The molecule has 1 aromatic heterocycles. The molecule has 0 saturated carbocycles. The number of aryl methyl sites for hydroxylation is 1. The minimum atomic E-state index is -3.27. The van der Waals surface area contributed by atoms with Crippen molar-refractivity contribution in [2.24, 2.45) is 0 Å². The number of hydrogen-bond donors (Lipinski definition) is 2. The lowest BCUT2D eigenvalue weighted by molar-refractivity contribution is 0.0956. The zero-order valence-corrected chi connectivity index (χ0v) is 13.8. The van der Waals surface area contributed by atoms with Crippen molar-refractivity contribution in [3.63, 3.8) is 0 Å². The SMILES string of the molecule is Cc1nc2ccc(C(=O)NCCS(=O)(=O)N3CCCC3)cc2[nH]1. The number of aromatic amines is 1.